The summed E-state index contributed by atoms with van der Waals surface area (Å²) in [4.78, 5) is 11.8. The van der Waals surface area contributed by atoms with Crippen LogP contribution in [-0.2, 0) is 0 Å². The van der Waals surface area contributed by atoms with E-state index < -0.39 is 5.60 Å². The lowest BCUT2D eigenvalue weighted by Gasteiger charge is -2.18. The van der Waals surface area contributed by atoms with Crippen molar-refractivity contribution in [3.8, 4) is 0 Å². The van der Waals surface area contributed by atoms with Crippen LogP contribution in [0, 0.1) is 6.92 Å². The van der Waals surface area contributed by atoms with Gasteiger partial charge in [-0.2, -0.15) is 0 Å². The Labute approximate surface area is 104 Å². The molecule has 2 N–H and O–H groups in total. The number of hydrogen-bond donors (Lipinski definition) is 2. The minimum absolute atomic E-state index is 0.160. The van der Waals surface area contributed by atoms with E-state index in [0.29, 0.717) is 5.56 Å². The summed E-state index contributed by atoms with van der Waals surface area (Å²) in [6.45, 7) is 5.43. The number of hydrogen-bond acceptors (Lipinski definition) is 2. The third-order valence-corrected chi connectivity index (χ3v) is 2.61. The Morgan fingerprint density at radius 2 is 2.12 bits per heavy atom. The maximum Gasteiger partial charge on any atom is 0.251 e. The highest BCUT2D eigenvalue weighted by molar-refractivity contribution is 9.10. The normalized spacial score (nSPS) is 11.3. The molecule has 1 aromatic carbocycles. The van der Waals surface area contributed by atoms with Crippen molar-refractivity contribution in [3.05, 3.63) is 33.8 Å². The van der Waals surface area contributed by atoms with Gasteiger partial charge < -0.3 is 10.4 Å². The van der Waals surface area contributed by atoms with Crippen LogP contribution in [0.15, 0.2) is 22.7 Å². The second kappa shape index (κ2) is 4.97. The second-order valence-electron chi connectivity index (χ2n) is 4.45. The van der Waals surface area contributed by atoms with Crippen molar-refractivity contribution in [2.24, 2.45) is 0 Å². The molecular weight excluding hydrogens is 270 g/mol. The highest BCUT2D eigenvalue weighted by Gasteiger charge is 2.15. The van der Waals surface area contributed by atoms with E-state index in [1.54, 1.807) is 19.9 Å². The average Bonchev–Trinajstić information content (AvgIpc) is 2.13. The van der Waals surface area contributed by atoms with Gasteiger partial charge in [-0.05, 0) is 44.5 Å². The van der Waals surface area contributed by atoms with Gasteiger partial charge in [0.1, 0.15) is 0 Å². The molecule has 1 rings (SSSR count). The SMILES string of the molecule is Cc1cc(Br)ccc1C(=O)NCC(C)(C)O. The monoisotopic (exact) mass is 285 g/mol. The molecular formula is C12H16BrNO2. The lowest BCUT2D eigenvalue weighted by atomic mass is 10.1. The Bertz CT molecular complexity index is 396. The fourth-order valence-corrected chi connectivity index (χ4v) is 1.75. The van der Waals surface area contributed by atoms with E-state index in [1.807, 2.05) is 19.1 Å². The molecule has 0 aliphatic carbocycles. The number of aryl methyl sites for hydroxylation is 1. The predicted octanol–water partition coefficient (Wildman–Crippen LogP) is 2.26. The minimum Gasteiger partial charge on any atom is -0.389 e. The quantitative estimate of drug-likeness (QED) is 0.895. The Hall–Kier alpha value is -0.870. The third-order valence-electron chi connectivity index (χ3n) is 2.11. The molecule has 0 aliphatic rings. The first kappa shape index (κ1) is 13.2. The number of aliphatic hydroxyl groups is 1. The van der Waals surface area contributed by atoms with Crippen LogP contribution in [0.25, 0.3) is 0 Å². The van der Waals surface area contributed by atoms with Crippen molar-refractivity contribution in [1.29, 1.82) is 0 Å². The first-order valence-corrected chi connectivity index (χ1v) is 5.85. The van der Waals surface area contributed by atoms with Crippen LogP contribution in [0.4, 0.5) is 0 Å². The van der Waals surface area contributed by atoms with Gasteiger partial charge >= 0.3 is 0 Å². The highest BCUT2D eigenvalue weighted by atomic mass is 79.9. The molecule has 3 nitrogen and oxygen atoms in total. The maximum atomic E-state index is 11.8. The van der Waals surface area contributed by atoms with Crippen LogP contribution >= 0.6 is 15.9 Å². The van der Waals surface area contributed by atoms with Gasteiger partial charge in [-0.15, -0.1) is 0 Å². The molecule has 16 heavy (non-hydrogen) atoms. The minimum atomic E-state index is -0.890. The molecule has 0 aromatic heterocycles. The van der Waals surface area contributed by atoms with Crippen molar-refractivity contribution >= 4 is 21.8 Å². The topological polar surface area (TPSA) is 49.3 Å². The number of benzene rings is 1. The Morgan fingerprint density at radius 1 is 1.50 bits per heavy atom. The lowest BCUT2D eigenvalue weighted by Crippen LogP contribution is -2.38. The van der Waals surface area contributed by atoms with Crippen LogP contribution in [-0.4, -0.2) is 23.2 Å². The van der Waals surface area contributed by atoms with Crippen molar-refractivity contribution in [3.63, 3.8) is 0 Å². The predicted molar refractivity (Wildman–Crippen MR) is 67.5 cm³/mol. The molecule has 0 heterocycles. The number of amides is 1. The van der Waals surface area contributed by atoms with E-state index in [2.05, 4.69) is 21.2 Å². The van der Waals surface area contributed by atoms with Crippen LogP contribution in [0.1, 0.15) is 29.8 Å². The van der Waals surface area contributed by atoms with Gasteiger partial charge in [0, 0.05) is 16.6 Å². The van der Waals surface area contributed by atoms with Crippen LogP contribution in [0.3, 0.4) is 0 Å². The summed E-state index contributed by atoms with van der Waals surface area (Å²) in [5.74, 6) is -0.160. The second-order valence-corrected chi connectivity index (χ2v) is 5.37. The third kappa shape index (κ3) is 3.94. The molecule has 0 fully saturated rings. The summed E-state index contributed by atoms with van der Waals surface area (Å²) >= 11 is 3.34. The number of nitrogens with one attached hydrogen (secondary N) is 1. The van der Waals surface area contributed by atoms with Crippen LogP contribution in [0.2, 0.25) is 0 Å². The molecule has 0 saturated carbocycles. The van der Waals surface area contributed by atoms with Gasteiger partial charge in [0.2, 0.25) is 0 Å². The van der Waals surface area contributed by atoms with Crippen molar-refractivity contribution in [2.75, 3.05) is 6.54 Å². The number of halogens is 1. The summed E-state index contributed by atoms with van der Waals surface area (Å²) < 4.78 is 0.948. The van der Waals surface area contributed by atoms with E-state index in [0.717, 1.165) is 10.0 Å². The van der Waals surface area contributed by atoms with E-state index in [9.17, 15) is 9.90 Å². The maximum absolute atomic E-state index is 11.8. The number of carbonyl (C=O) groups is 1. The van der Waals surface area contributed by atoms with Crippen LogP contribution in [0.5, 0.6) is 0 Å². The fourth-order valence-electron chi connectivity index (χ4n) is 1.27. The zero-order valence-electron chi connectivity index (χ0n) is 9.67. The zero-order chi connectivity index (χ0) is 12.3. The molecule has 0 saturated heterocycles. The van der Waals surface area contributed by atoms with E-state index in [4.69, 9.17) is 0 Å². The Morgan fingerprint density at radius 3 is 2.62 bits per heavy atom. The number of rotatable bonds is 3. The standard InChI is InChI=1S/C12H16BrNO2/c1-8-6-9(13)4-5-10(8)11(15)14-7-12(2,3)16/h4-6,16H,7H2,1-3H3,(H,14,15). The van der Waals surface area contributed by atoms with Gasteiger partial charge in [0.15, 0.2) is 0 Å². The Balaban J connectivity index is 2.74. The molecule has 0 atom stereocenters. The summed E-state index contributed by atoms with van der Waals surface area (Å²) in [7, 11) is 0. The summed E-state index contributed by atoms with van der Waals surface area (Å²) in [5, 5.41) is 12.2. The van der Waals surface area contributed by atoms with Gasteiger partial charge in [-0.3, -0.25) is 4.79 Å². The summed E-state index contributed by atoms with van der Waals surface area (Å²) in [5.41, 5.74) is 0.647. The van der Waals surface area contributed by atoms with Crippen molar-refractivity contribution in [2.45, 2.75) is 26.4 Å². The summed E-state index contributed by atoms with van der Waals surface area (Å²) in [6.07, 6.45) is 0. The molecule has 88 valence electrons. The van der Waals surface area contributed by atoms with Crippen LogP contribution < -0.4 is 5.32 Å². The average molecular weight is 286 g/mol. The largest absolute Gasteiger partial charge is 0.389 e. The zero-order valence-corrected chi connectivity index (χ0v) is 11.3. The number of carbonyl (C=O) groups excluding carboxylic acids is 1. The van der Waals surface area contributed by atoms with Gasteiger partial charge in [-0.1, -0.05) is 15.9 Å². The molecule has 1 aromatic rings. The van der Waals surface area contributed by atoms with E-state index >= 15 is 0 Å². The lowest BCUT2D eigenvalue weighted by molar-refractivity contribution is 0.0694. The van der Waals surface area contributed by atoms with E-state index in [-0.39, 0.29) is 12.5 Å². The van der Waals surface area contributed by atoms with Gasteiger partial charge in [0.25, 0.3) is 5.91 Å². The molecule has 0 unspecified atom stereocenters. The van der Waals surface area contributed by atoms with E-state index in [1.165, 1.54) is 0 Å². The fraction of sp³-hybridized carbons (Fsp3) is 0.417. The summed E-state index contributed by atoms with van der Waals surface area (Å²) in [6, 6.07) is 5.48. The molecule has 0 aliphatic heterocycles. The van der Waals surface area contributed by atoms with Gasteiger partial charge in [0.05, 0.1) is 5.60 Å². The smallest absolute Gasteiger partial charge is 0.251 e. The molecule has 0 bridgehead atoms. The molecule has 4 heteroatoms. The molecule has 1 amide bonds. The Kier molecular flexibility index (Phi) is 4.10. The first-order valence-electron chi connectivity index (χ1n) is 5.06. The van der Waals surface area contributed by atoms with Crippen molar-refractivity contribution in [1.82, 2.24) is 5.32 Å². The van der Waals surface area contributed by atoms with Crippen molar-refractivity contribution < 1.29 is 9.90 Å². The van der Waals surface area contributed by atoms with Gasteiger partial charge in [-0.25, -0.2) is 0 Å². The molecule has 0 radical (unpaired) electrons. The highest BCUT2D eigenvalue weighted by Crippen LogP contribution is 2.15. The molecule has 0 spiro atoms. The first-order chi connectivity index (χ1) is 7.29.